The number of halogens is 1. The van der Waals surface area contributed by atoms with Crippen LogP contribution in [0.25, 0.3) is 0 Å². The molecule has 19 heavy (non-hydrogen) atoms. The van der Waals surface area contributed by atoms with Gasteiger partial charge in [0.25, 0.3) is 0 Å². The number of hydrogen-bond acceptors (Lipinski definition) is 2. The molecule has 1 aliphatic heterocycles. The molecule has 0 radical (unpaired) electrons. The van der Waals surface area contributed by atoms with Gasteiger partial charge >= 0.3 is 0 Å². The summed E-state index contributed by atoms with van der Waals surface area (Å²) < 4.78 is 0. The molecule has 1 N–H and O–H groups in total. The molecule has 0 aromatic heterocycles. The zero-order valence-electron chi connectivity index (χ0n) is 12.2. The lowest BCUT2D eigenvalue weighted by atomic mass is 10.1. The monoisotopic (exact) mass is 280 g/mol. The highest BCUT2D eigenvalue weighted by Gasteiger charge is 2.21. The Morgan fingerprint density at radius 2 is 2.26 bits per heavy atom. The topological polar surface area (TPSA) is 15.3 Å². The average molecular weight is 281 g/mol. The molecule has 1 aliphatic rings. The third-order valence-electron chi connectivity index (χ3n) is 3.94. The lowest BCUT2D eigenvalue weighted by molar-refractivity contribution is 0.571. The van der Waals surface area contributed by atoms with Crippen molar-refractivity contribution < 1.29 is 0 Å². The maximum Gasteiger partial charge on any atom is 0.0642 e. The van der Waals surface area contributed by atoms with E-state index in [0.29, 0.717) is 6.04 Å². The summed E-state index contributed by atoms with van der Waals surface area (Å²) in [6, 6.07) is 6.87. The van der Waals surface area contributed by atoms with Crippen LogP contribution in [-0.4, -0.2) is 19.6 Å². The minimum atomic E-state index is 0.365. The summed E-state index contributed by atoms with van der Waals surface area (Å²) >= 11 is 6.47. The van der Waals surface area contributed by atoms with E-state index in [2.05, 4.69) is 49.2 Å². The van der Waals surface area contributed by atoms with Crippen molar-refractivity contribution in [3.05, 3.63) is 28.8 Å². The Balaban J connectivity index is 2.08. The molecule has 2 rings (SSSR count). The van der Waals surface area contributed by atoms with Crippen LogP contribution in [0.15, 0.2) is 18.2 Å². The second kappa shape index (κ2) is 6.62. The predicted octanol–water partition coefficient (Wildman–Crippen LogP) is 4.25. The van der Waals surface area contributed by atoms with Gasteiger partial charge in [0.15, 0.2) is 0 Å². The number of nitrogens with zero attached hydrogens (tertiary/aromatic N) is 1. The van der Waals surface area contributed by atoms with Crippen LogP contribution in [-0.2, 0) is 0 Å². The molecule has 1 aromatic carbocycles. The molecule has 3 heteroatoms. The highest BCUT2D eigenvalue weighted by Crippen LogP contribution is 2.32. The van der Waals surface area contributed by atoms with Gasteiger partial charge in [-0.1, -0.05) is 31.5 Å². The Kier molecular flexibility index (Phi) is 5.12. The van der Waals surface area contributed by atoms with Crippen molar-refractivity contribution in [2.75, 3.05) is 24.5 Å². The summed E-state index contributed by atoms with van der Waals surface area (Å²) in [5.74, 6) is 0.779. The van der Waals surface area contributed by atoms with Crippen molar-refractivity contribution >= 4 is 17.3 Å². The van der Waals surface area contributed by atoms with E-state index >= 15 is 0 Å². The SMILES string of the molecule is CCCNC(C)c1ccc(N2CCC(C)C2)c(Cl)c1. The molecule has 1 aromatic rings. The molecule has 0 bridgehead atoms. The van der Waals surface area contributed by atoms with E-state index in [-0.39, 0.29) is 0 Å². The highest BCUT2D eigenvalue weighted by molar-refractivity contribution is 6.33. The first-order valence-electron chi connectivity index (χ1n) is 7.39. The Hall–Kier alpha value is -0.730. The van der Waals surface area contributed by atoms with E-state index in [1.807, 2.05) is 0 Å². The Morgan fingerprint density at radius 3 is 2.84 bits per heavy atom. The summed E-state index contributed by atoms with van der Waals surface area (Å²) in [6.07, 6.45) is 2.42. The lowest BCUT2D eigenvalue weighted by Crippen LogP contribution is -2.21. The summed E-state index contributed by atoms with van der Waals surface area (Å²) in [7, 11) is 0. The number of anilines is 1. The van der Waals surface area contributed by atoms with Gasteiger partial charge in [0.2, 0.25) is 0 Å². The van der Waals surface area contributed by atoms with E-state index in [4.69, 9.17) is 11.6 Å². The normalized spacial score (nSPS) is 20.8. The molecular formula is C16H25ClN2. The van der Waals surface area contributed by atoms with E-state index in [0.717, 1.165) is 37.0 Å². The van der Waals surface area contributed by atoms with Crippen LogP contribution in [0.4, 0.5) is 5.69 Å². The maximum atomic E-state index is 6.47. The summed E-state index contributed by atoms with van der Waals surface area (Å²) in [4.78, 5) is 2.40. The van der Waals surface area contributed by atoms with Crippen LogP contribution in [0, 0.1) is 5.92 Å². The molecule has 0 spiro atoms. The van der Waals surface area contributed by atoms with Gasteiger partial charge in [-0.3, -0.25) is 0 Å². The van der Waals surface area contributed by atoms with Crippen molar-refractivity contribution in [2.45, 2.75) is 39.7 Å². The van der Waals surface area contributed by atoms with Crippen LogP contribution < -0.4 is 10.2 Å². The molecule has 0 saturated carbocycles. The molecule has 1 fully saturated rings. The molecule has 1 saturated heterocycles. The van der Waals surface area contributed by atoms with Crippen LogP contribution in [0.1, 0.15) is 45.2 Å². The molecule has 2 nitrogen and oxygen atoms in total. The van der Waals surface area contributed by atoms with Gasteiger partial charge in [-0.05, 0) is 49.9 Å². The largest absolute Gasteiger partial charge is 0.370 e. The van der Waals surface area contributed by atoms with E-state index < -0.39 is 0 Å². The van der Waals surface area contributed by atoms with Gasteiger partial charge in [0.1, 0.15) is 0 Å². The summed E-state index contributed by atoms with van der Waals surface area (Å²) in [5, 5.41) is 4.39. The smallest absolute Gasteiger partial charge is 0.0642 e. The lowest BCUT2D eigenvalue weighted by Gasteiger charge is -2.21. The van der Waals surface area contributed by atoms with Crippen molar-refractivity contribution in [3.63, 3.8) is 0 Å². The molecular weight excluding hydrogens is 256 g/mol. The summed E-state index contributed by atoms with van der Waals surface area (Å²) in [5.41, 5.74) is 2.46. The first kappa shape index (κ1) is 14.7. The Labute approximate surface area is 122 Å². The van der Waals surface area contributed by atoms with Gasteiger partial charge in [-0.2, -0.15) is 0 Å². The maximum absolute atomic E-state index is 6.47. The van der Waals surface area contributed by atoms with Crippen molar-refractivity contribution in [1.29, 1.82) is 0 Å². The van der Waals surface area contributed by atoms with Gasteiger partial charge in [0, 0.05) is 19.1 Å². The van der Waals surface area contributed by atoms with Crippen LogP contribution in [0.2, 0.25) is 5.02 Å². The van der Waals surface area contributed by atoms with Crippen LogP contribution in [0.5, 0.6) is 0 Å². The third kappa shape index (κ3) is 3.64. The predicted molar refractivity (Wildman–Crippen MR) is 84.2 cm³/mol. The van der Waals surface area contributed by atoms with Crippen LogP contribution in [0.3, 0.4) is 0 Å². The molecule has 0 amide bonds. The molecule has 106 valence electrons. The van der Waals surface area contributed by atoms with Crippen molar-refractivity contribution in [2.24, 2.45) is 5.92 Å². The number of nitrogens with one attached hydrogen (secondary N) is 1. The van der Waals surface area contributed by atoms with Crippen molar-refractivity contribution in [1.82, 2.24) is 5.32 Å². The number of rotatable bonds is 5. The highest BCUT2D eigenvalue weighted by atomic mass is 35.5. The van der Waals surface area contributed by atoms with E-state index in [1.54, 1.807) is 0 Å². The number of hydrogen-bond donors (Lipinski definition) is 1. The molecule has 2 atom stereocenters. The van der Waals surface area contributed by atoms with Gasteiger partial charge < -0.3 is 10.2 Å². The van der Waals surface area contributed by atoms with Gasteiger partial charge in [-0.15, -0.1) is 0 Å². The summed E-state index contributed by atoms with van der Waals surface area (Å²) in [6.45, 7) is 9.99. The molecule has 0 aliphatic carbocycles. The standard InChI is InChI=1S/C16H25ClN2/c1-4-8-18-13(3)14-5-6-16(15(17)10-14)19-9-7-12(2)11-19/h5-6,10,12-13,18H,4,7-9,11H2,1-3H3. The van der Waals surface area contributed by atoms with Gasteiger partial charge in [0.05, 0.1) is 10.7 Å². The first-order chi connectivity index (χ1) is 9.11. The first-order valence-corrected chi connectivity index (χ1v) is 7.77. The van der Waals surface area contributed by atoms with E-state index in [1.165, 1.54) is 17.7 Å². The second-order valence-corrected chi connectivity index (χ2v) is 6.13. The number of benzene rings is 1. The zero-order valence-corrected chi connectivity index (χ0v) is 13.0. The van der Waals surface area contributed by atoms with Gasteiger partial charge in [-0.25, -0.2) is 0 Å². The zero-order chi connectivity index (χ0) is 13.8. The molecule has 2 unspecified atom stereocenters. The minimum absolute atomic E-state index is 0.365. The average Bonchev–Trinajstić information content (AvgIpc) is 2.82. The van der Waals surface area contributed by atoms with Crippen molar-refractivity contribution in [3.8, 4) is 0 Å². The Morgan fingerprint density at radius 1 is 1.47 bits per heavy atom. The second-order valence-electron chi connectivity index (χ2n) is 5.73. The van der Waals surface area contributed by atoms with Crippen LogP contribution >= 0.6 is 11.6 Å². The third-order valence-corrected chi connectivity index (χ3v) is 4.24. The quantitative estimate of drug-likeness (QED) is 0.867. The fourth-order valence-electron chi connectivity index (χ4n) is 2.68. The Bertz CT molecular complexity index is 419. The van der Waals surface area contributed by atoms with E-state index in [9.17, 15) is 0 Å². The molecule has 1 heterocycles. The fraction of sp³-hybridized carbons (Fsp3) is 0.625. The fourth-order valence-corrected chi connectivity index (χ4v) is 2.99. The minimum Gasteiger partial charge on any atom is -0.370 e.